The fourth-order valence-electron chi connectivity index (χ4n) is 3.55. The third-order valence-corrected chi connectivity index (χ3v) is 5.70. The van der Waals surface area contributed by atoms with Gasteiger partial charge in [-0.15, -0.1) is 0 Å². The van der Waals surface area contributed by atoms with Gasteiger partial charge in [0.15, 0.2) is 0 Å². The maximum Gasteiger partial charge on any atom is 0.259 e. The van der Waals surface area contributed by atoms with Gasteiger partial charge in [-0.25, -0.2) is 4.98 Å². The van der Waals surface area contributed by atoms with Crippen molar-refractivity contribution in [3.63, 3.8) is 0 Å². The predicted octanol–water partition coefficient (Wildman–Crippen LogP) is 4.86. The fourth-order valence-corrected chi connectivity index (χ4v) is 3.81. The molecule has 1 fully saturated rings. The summed E-state index contributed by atoms with van der Waals surface area (Å²) >= 11 is 3.41. The number of carbonyl (C=O) groups excluding carboxylic acids is 1. The summed E-state index contributed by atoms with van der Waals surface area (Å²) in [6.45, 7) is 2.84. The van der Waals surface area contributed by atoms with E-state index in [4.69, 9.17) is 10.00 Å². The fraction of sp³-hybridized carbons (Fsp3) is 0.208. The summed E-state index contributed by atoms with van der Waals surface area (Å²) < 4.78 is 6.86. The summed E-state index contributed by atoms with van der Waals surface area (Å²) in [6.07, 6.45) is 2.48. The van der Waals surface area contributed by atoms with E-state index in [0.717, 1.165) is 29.7 Å². The van der Waals surface area contributed by atoms with Crippen LogP contribution in [0, 0.1) is 11.3 Å². The van der Waals surface area contributed by atoms with Crippen molar-refractivity contribution < 1.29 is 9.53 Å². The Morgan fingerprint density at radius 1 is 1.00 bits per heavy atom. The van der Waals surface area contributed by atoms with Crippen LogP contribution in [0.15, 0.2) is 71.3 Å². The molecule has 4 rings (SSSR count). The van der Waals surface area contributed by atoms with Gasteiger partial charge in [-0.05, 0) is 67.1 Å². The maximum atomic E-state index is 13.3. The van der Waals surface area contributed by atoms with Crippen LogP contribution in [0.1, 0.15) is 22.3 Å². The van der Waals surface area contributed by atoms with Crippen LogP contribution in [0.5, 0.6) is 11.6 Å². The van der Waals surface area contributed by atoms with Crippen molar-refractivity contribution in [3.8, 4) is 17.7 Å². The van der Waals surface area contributed by atoms with Gasteiger partial charge in [-0.2, -0.15) is 5.26 Å². The number of anilines is 1. The Morgan fingerprint density at radius 3 is 2.52 bits per heavy atom. The third-order valence-electron chi connectivity index (χ3n) is 5.17. The smallest absolute Gasteiger partial charge is 0.259 e. The van der Waals surface area contributed by atoms with Gasteiger partial charge in [0.1, 0.15) is 11.3 Å². The minimum atomic E-state index is -0.0816. The van der Waals surface area contributed by atoms with Crippen LogP contribution in [0.4, 0.5) is 5.69 Å². The molecule has 0 spiro atoms. The summed E-state index contributed by atoms with van der Waals surface area (Å²) in [4.78, 5) is 21.7. The summed E-state index contributed by atoms with van der Waals surface area (Å²) in [5.74, 6) is 0.851. The van der Waals surface area contributed by atoms with Crippen LogP contribution < -0.4 is 9.64 Å². The quantitative estimate of drug-likeness (QED) is 0.537. The molecule has 2 heterocycles. The van der Waals surface area contributed by atoms with E-state index in [2.05, 4.69) is 31.9 Å². The number of halogens is 1. The van der Waals surface area contributed by atoms with E-state index < -0.39 is 0 Å². The van der Waals surface area contributed by atoms with E-state index in [1.807, 2.05) is 53.4 Å². The molecule has 1 aliphatic heterocycles. The van der Waals surface area contributed by atoms with Crippen LogP contribution in [0.3, 0.4) is 0 Å². The molecule has 1 amide bonds. The highest BCUT2D eigenvalue weighted by Gasteiger charge is 2.24. The molecular weight excluding hydrogens is 456 g/mol. The van der Waals surface area contributed by atoms with Gasteiger partial charge in [-0.1, -0.05) is 15.9 Å². The lowest BCUT2D eigenvalue weighted by Crippen LogP contribution is -2.35. The molecule has 7 heteroatoms. The standard InChI is InChI=1S/C24H21BrN4O2/c25-19-6-10-21(11-7-19)31-23-22(3-1-12-27-23)24(30)29-14-2-13-28(15-16-29)20-8-4-18(17-26)5-9-20/h1,3-12H,2,13-16H2. The lowest BCUT2D eigenvalue weighted by atomic mass is 10.2. The lowest BCUT2D eigenvalue weighted by Gasteiger charge is -2.24. The molecular formula is C24H21BrN4O2. The number of pyridine rings is 1. The Hall–Kier alpha value is -3.37. The first-order valence-electron chi connectivity index (χ1n) is 10.1. The predicted molar refractivity (Wildman–Crippen MR) is 122 cm³/mol. The van der Waals surface area contributed by atoms with Crippen molar-refractivity contribution in [2.45, 2.75) is 6.42 Å². The van der Waals surface area contributed by atoms with Gasteiger partial charge in [0, 0.05) is 42.5 Å². The van der Waals surface area contributed by atoms with Crippen molar-refractivity contribution in [2.24, 2.45) is 0 Å². The first kappa shape index (κ1) is 20.9. The topological polar surface area (TPSA) is 69.5 Å². The Bertz CT molecular complexity index is 1090. The molecule has 0 saturated carbocycles. The van der Waals surface area contributed by atoms with Crippen LogP contribution in [0.25, 0.3) is 0 Å². The summed E-state index contributed by atoms with van der Waals surface area (Å²) in [7, 11) is 0. The van der Waals surface area contributed by atoms with Crippen LogP contribution >= 0.6 is 15.9 Å². The molecule has 0 atom stereocenters. The number of amides is 1. The molecule has 2 aromatic carbocycles. The maximum absolute atomic E-state index is 13.3. The molecule has 3 aromatic rings. The van der Waals surface area contributed by atoms with E-state index in [9.17, 15) is 4.79 Å². The van der Waals surface area contributed by atoms with Gasteiger partial charge >= 0.3 is 0 Å². The Balaban J connectivity index is 1.47. The monoisotopic (exact) mass is 476 g/mol. The second-order valence-corrected chi connectivity index (χ2v) is 8.12. The van der Waals surface area contributed by atoms with Crippen LogP contribution in [-0.2, 0) is 0 Å². The van der Waals surface area contributed by atoms with Crippen molar-refractivity contribution >= 4 is 27.5 Å². The Morgan fingerprint density at radius 2 is 1.77 bits per heavy atom. The second kappa shape index (κ2) is 9.63. The number of benzene rings is 2. The van der Waals surface area contributed by atoms with Crippen molar-refractivity contribution in [3.05, 3.63) is 82.5 Å². The van der Waals surface area contributed by atoms with Gasteiger partial charge in [0.2, 0.25) is 5.88 Å². The molecule has 156 valence electrons. The van der Waals surface area contributed by atoms with Gasteiger partial charge in [0.05, 0.1) is 11.6 Å². The number of aromatic nitrogens is 1. The molecule has 0 N–H and O–H groups in total. The highest BCUT2D eigenvalue weighted by atomic mass is 79.9. The summed E-state index contributed by atoms with van der Waals surface area (Å²) in [5, 5.41) is 8.99. The van der Waals surface area contributed by atoms with E-state index in [1.165, 1.54) is 0 Å². The highest BCUT2D eigenvalue weighted by Crippen LogP contribution is 2.26. The molecule has 0 aliphatic carbocycles. The zero-order chi connectivity index (χ0) is 21.6. The number of nitrogens with zero attached hydrogens (tertiary/aromatic N) is 4. The normalized spacial score (nSPS) is 13.9. The highest BCUT2D eigenvalue weighted by molar-refractivity contribution is 9.10. The first-order valence-corrected chi connectivity index (χ1v) is 10.9. The van der Waals surface area contributed by atoms with Gasteiger partial charge in [0.25, 0.3) is 5.91 Å². The minimum absolute atomic E-state index is 0.0816. The molecule has 0 bridgehead atoms. The second-order valence-electron chi connectivity index (χ2n) is 7.20. The molecule has 0 unspecified atom stereocenters. The van der Waals surface area contributed by atoms with Crippen molar-refractivity contribution in [1.82, 2.24) is 9.88 Å². The zero-order valence-corrected chi connectivity index (χ0v) is 18.5. The Kier molecular flexibility index (Phi) is 6.48. The molecule has 1 aromatic heterocycles. The average molecular weight is 477 g/mol. The minimum Gasteiger partial charge on any atom is -0.438 e. The van der Waals surface area contributed by atoms with E-state index >= 15 is 0 Å². The van der Waals surface area contributed by atoms with Gasteiger partial charge < -0.3 is 14.5 Å². The number of rotatable bonds is 4. The van der Waals surface area contributed by atoms with Crippen LogP contribution in [0.2, 0.25) is 0 Å². The SMILES string of the molecule is N#Cc1ccc(N2CCCN(C(=O)c3cccnc3Oc3ccc(Br)cc3)CC2)cc1. The molecule has 6 nitrogen and oxygen atoms in total. The number of hydrogen-bond acceptors (Lipinski definition) is 5. The summed E-state index contributed by atoms with van der Waals surface area (Å²) in [6, 6.07) is 20.6. The first-order chi connectivity index (χ1) is 15.1. The number of ether oxygens (including phenoxy) is 1. The van der Waals surface area contributed by atoms with E-state index in [-0.39, 0.29) is 5.91 Å². The number of hydrogen-bond donors (Lipinski definition) is 0. The van der Waals surface area contributed by atoms with E-state index in [0.29, 0.717) is 35.8 Å². The Labute approximate surface area is 189 Å². The molecule has 1 aliphatic rings. The number of carbonyl (C=O) groups is 1. The van der Waals surface area contributed by atoms with Crippen molar-refractivity contribution in [2.75, 3.05) is 31.1 Å². The molecule has 31 heavy (non-hydrogen) atoms. The van der Waals surface area contributed by atoms with E-state index in [1.54, 1.807) is 18.3 Å². The molecule has 0 radical (unpaired) electrons. The largest absolute Gasteiger partial charge is 0.438 e. The average Bonchev–Trinajstić information content (AvgIpc) is 3.07. The van der Waals surface area contributed by atoms with Gasteiger partial charge in [-0.3, -0.25) is 4.79 Å². The summed E-state index contributed by atoms with van der Waals surface area (Å²) in [5.41, 5.74) is 2.16. The molecule has 1 saturated heterocycles. The third kappa shape index (κ3) is 5.04. The van der Waals surface area contributed by atoms with Crippen LogP contribution in [-0.4, -0.2) is 42.0 Å². The lowest BCUT2D eigenvalue weighted by molar-refractivity contribution is 0.0763. The zero-order valence-electron chi connectivity index (χ0n) is 16.9. The number of nitriles is 1. The van der Waals surface area contributed by atoms with Crippen molar-refractivity contribution in [1.29, 1.82) is 5.26 Å².